The Morgan fingerprint density at radius 2 is 2.25 bits per heavy atom. The Morgan fingerprint density at radius 3 is 2.90 bits per heavy atom. The lowest BCUT2D eigenvalue weighted by molar-refractivity contribution is -0.121. The van der Waals surface area contributed by atoms with Gasteiger partial charge in [-0.2, -0.15) is 0 Å². The monoisotopic (exact) mass is 319 g/mol. The SMILES string of the molecule is Cl.Cl.O=C(CCC1CCNC1)NCCc1ccccn1. The molecule has 2 N–H and O–H groups in total. The largest absolute Gasteiger partial charge is 0.356 e. The smallest absolute Gasteiger partial charge is 0.220 e. The van der Waals surface area contributed by atoms with Crippen molar-refractivity contribution < 1.29 is 4.79 Å². The molecule has 2 heterocycles. The topological polar surface area (TPSA) is 54.0 Å². The van der Waals surface area contributed by atoms with E-state index in [1.165, 1.54) is 6.42 Å². The summed E-state index contributed by atoms with van der Waals surface area (Å²) < 4.78 is 0. The quantitative estimate of drug-likeness (QED) is 0.843. The molecule has 1 amide bonds. The van der Waals surface area contributed by atoms with Crippen LogP contribution >= 0.6 is 24.8 Å². The highest BCUT2D eigenvalue weighted by Crippen LogP contribution is 2.13. The lowest BCUT2D eigenvalue weighted by Gasteiger charge is -2.08. The molecule has 0 spiro atoms. The Labute approximate surface area is 132 Å². The maximum Gasteiger partial charge on any atom is 0.220 e. The second-order valence-electron chi connectivity index (χ2n) is 4.82. The fraction of sp³-hybridized carbons (Fsp3) is 0.571. The van der Waals surface area contributed by atoms with Crippen molar-refractivity contribution in [1.29, 1.82) is 0 Å². The zero-order valence-corrected chi connectivity index (χ0v) is 13.1. The Kier molecular flexibility index (Phi) is 10.4. The molecule has 6 heteroatoms. The average Bonchev–Trinajstić information content (AvgIpc) is 2.91. The molecule has 1 aliphatic rings. The van der Waals surface area contributed by atoms with Gasteiger partial charge < -0.3 is 10.6 Å². The molecule has 20 heavy (non-hydrogen) atoms. The minimum atomic E-state index is 0. The molecule has 0 bridgehead atoms. The normalized spacial score (nSPS) is 16.9. The Bertz CT molecular complexity index is 370. The summed E-state index contributed by atoms with van der Waals surface area (Å²) in [5.74, 6) is 0.851. The fourth-order valence-corrected chi connectivity index (χ4v) is 2.26. The third kappa shape index (κ3) is 7.08. The zero-order chi connectivity index (χ0) is 12.6. The summed E-state index contributed by atoms with van der Waals surface area (Å²) >= 11 is 0. The molecule has 1 atom stereocenters. The molecule has 1 unspecified atom stereocenters. The lowest BCUT2D eigenvalue weighted by Crippen LogP contribution is -2.26. The molecule has 4 nitrogen and oxygen atoms in total. The van der Waals surface area contributed by atoms with Crippen molar-refractivity contribution in [1.82, 2.24) is 15.6 Å². The summed E-state index contributed by atoms with van der Waals surface area (Å²) in [5, 5.41) is 6.28. The van der Waals surface area contributed by atoms with Crippen LogP contribution in [0.4, 0.5) is 0 Å². The van der Waals surface area contributed by atoms with Gasteiger partial charge in [0, 0.05) is 31.3 Å². The van der Waals surface area contributed by atoms with E-state index in [9.17, 15) is 4.79 Å². The number of aromatic nitrogens is 1. The summed E-state index contributed by atoms with van der Waals surface area (Å²) in [4.78, 5) is 15.9. The highest BCUT2D eigenvalue weighted by molar-refractivity contribution is 5.85. The highest BCUT2D eigenvalue weighted by Gasteiger charge is 2.15. The number of nitrogens with zero attached hydrogens (tertiary/aromatic N) is 1. The highest BCUT2D eigenvalue weighted by atomic mass is 35.5. The van der Waals surface area contributed by atoms with E-state index in [1.54, 1.807) is 6.20 Å². The number of pyridine rings is 1. The first-order valence-corrected chi connectivity index (χ1v) is 6.72. The number of rotatable bonds is 6. The summed E-state index contributed by atoms with van der Waals surface area (Å²) in [7, 11) is 0. The minimum absolute atomic E-state index is 0. The molecular formula is C14H23Cl2N3O. The van der Waals surface area contributed by atoms with Crippen LogP contribution in [0.25, 0.3) is 0 Å². The van der Waals surface area contributed by atoms with Gasteiger partial charge in [-0.15, -0.1) is 24.8 Å². The van der Waals surface area contributed by atoms with Crippen molar-refractivity contribution in [3.63, 3.8) is 0 Å². The van der Waals surface area contributed by atoms with Crippen molar-refractivity contribution in [2.45, 2.75) is 25.7 Å². The molecule has 1 aromatic rings. The van der Waals surface area contributed by atoms with Gasteiger partial charge in [0.25, 0.3) is 0 Å². The van der Waals surface area contributed by atoms with E-state index >= 15 is 0 Å². The second kappa shape index (κ2) is 10.9. The minimum Gasteiger partial charge on any atom is -0.356 e. The van der Waals surface area contributed by atoms with E-state index in [2.05, 4.69) is 15.6 Å². The van der Waals surface area contributed by atoms with Crippen LogP contribution in [0.3, 0.4) is 0 Å². The number of halogens is 2. The Hall–Kier alpha value is -0.840. The van der Waals surface area contributed by atoms with E-state index in [1.807, 2.05) is 18.2 Å². The molecule has 1 saturated heterocycles. The first-order chi connectivity index (χ1) is 8.84. The molecule has 1 fully saturated rings. The summed E-state index contributed by atoms with van der Waals surface area (Å²) in [6.07, 6.45) is 5.44. The van der Waals surface area contributed by atoms with Crippen molar-refractivity contribution in [3.05, 3.63) is 30.1 Å². The van der Waals surface area contributed by atoms with E-state index in [-0.39, 0.29) is 30.7 Å². The number of hydrogen-bond donors (Lipinski definition) is 2. The zero-order valence-electron chi connectivity index (χ0n) is 11.5. The van der Waals surface area contributed by atoms with Gasteiger partial charge in [-0.05, 0) is 44.0 Å². The fourth-order valence-electron chi connectivity index (χ4n) is 2.26. The van der Waals surface area contributed by atoms with Gasteiger partial charge in [0.2, 0.25) is 5.91 Å². The van der Waals surface area contributed by atoms with Crippen LogP contribution in [0.15, 0.2) is 24.4 Å². The third-order valence-corrected chi connectivity index (χ3v) is 3.37. The van der Waals surface area contributed by atoms with Gasteiger partial charge >= 0.3 is 0 Å². The molecule has 0 aliphatic carbocycles. The van der Waals surface area contributed by atoms with Crippen LogP contribution in [0.1, 0.15) is 25.0 Å². The van der Waals surface area contributed by atoms with Crippen LogP contribution in [-0.2, 0) is 11.2 Å². The van der Waals surface area contributed by atoms with Crippen molar-refractivity contribution in [2.24, 2.45) is 5.92 Å². The maximum absolute atomic E-state index is 11.6. The Balaban J connectivity index is 0.00000180. The molecule has 114 valence electrons. The predicted molar refractivity (Wildman–Crippen MR) is 85.7 cm³/mol. The van der Waals surface area contributed by atoms with E-state index in [0.717, 1.165) is 31.6 Å². The molecule has 0 aromatic carbocycles. The van der Waals surface area contributed by atoms with Crippen LogP contribution < -0.4 is 10.6 Å². The molecule has 1 aliphatic heterocycles. The molecule has 0 saturated carbocycles. The van der Waals surface area contributed by atoms with Gasteiger partial charge in [0.1, 0.15) is 0 Å². The van der Waals surface area contributed by atoms with Gasteiger partial charge in [0.05, 0.1) is 0 Å². The standard InChI is InChI=1S/C14H21N3O.2ClH/c18-14(5-4-12-6-9-15-11-12)17-10-7-13-3-1-2-8-16-13;;/h1-3,8,12,15H,4-7,9-11H2,(H,17,18);2*1H. The number of hydrogen-bond acceptors (Lipinski definition) is 3. The van der Waals surface area contributed by atoms with E-state index < -0.39 is 0 Å². The number of carbonyl (C=O) groups is 1. The first kappa shape index (κ1) is 19.2. The summed E-state index contributed by atoms with van der Waals surface area (Å²) in [6, 6.07) is 5.85. The van der Waals surface area contributed by atoms with Crippen molar-refractivity contribution >= 4 is 30.7 Å². The van der Waals surface area contributed by atoms with Gasteiger partial charge in [-0.3, -0.25) is 9.78 Å². The van der Waals surface area contributed by atoms with Crippen LogP contribution in [0.2, 0.25) is 0 Å². The van der Waals surface area contributed by atoms with Gasteiger partial charge in [-0.1, -0.05) is 6.07 Å². The molecule has 1 aromatic heterocycles. The van der Waals surface area contributed by atoms with Gasteiger partial charge in [0.15, 0.2) is 0 Å². The number of nitrogens with one attached hydrogen (secondary N) is 2. The summed E-state index contributed by atoms with van der Waals surface area (Å²) in [5.41, 5.74) is 1.03. The van der Waals surface area contributed by atoms with Crippen LogP contribution in [0.5, 0.6) is 0 Å². The third-order valence-electron chi connectivity index (χ3n) is 3.37. The van der Waals surface area contributed by atoms with Crippen LogP contribution in [0, 0.1) is 5.92 Å². The number of amides is 1. The van der Waals surface area contributed by atoms with Crippen molar-refractivity contribution in [3.8, 4) is 0 Å². The number of carbonyl (C=O) groups excluding carboxylic acids is 1. The summed E-state index contributed by atoms with van der Waals surface area (Å²) in [6.45, 7) is 2.85. The maximum atomic E-state index is 11.6. The molecule has 0 radical (unpaired) electrons. The van der Waals surface area contributed by atoms with E-state index in [0.29, 0.717) is 18.9 Å². The predicted octanol–water partition coefficient (Wildman–Crippen LogP) is 1.97. The Morgan fingerprint density at radius 1 is 1.40 bits per heavy atom. The van der Waals surface area contributed by atoms with E-state index in [4.69, 9.17) is 0 Å². The molecule has 2 rings (SSSR count). The second-order valence-corrected chi connectivity index (χ2v) is 4.82. The molecular weight excluding hydrogens is 297 g/mol. The lowest BCUT2D eigenvalue weighted by atomic mass is 10.0. The average molecular weight is 320 g/mol. The first-order valence-electron chi connectivity index (χ1n) is 6.72. The van der Waals surface area contributed by atoms with Gasteiger partial charge in [-0.25, -0.2) is 0 Å². The van der Waals surface area contributed by atoms with Crippen LogP contribution in [-0.4, -0.2) is 30.5 Å². The van der Waals surface area contributed by atoms with Crippen molar-refractivity contribution in [2.75, 3.05) is 19.6 Å².